The molecule has 0 spiro atoms. The van der Waals surface area contributed by atoms with Gasteiger partial charge in [0.05, 0.1) is 6.61 Å². The van der Waals surface area contributed by atoms with Crippen LogP contribution in [0.25, 0.3) is 10.9 Å². The van der Waals surface area contributed by atoms with Crippen LogP contribution in [0.15, 0.2) is 24.4 Å². The van der Waals surface area contributed by atoms with E-state index >= 15 is 0 Å². The number of aromatic nitrogens is 1. The van der Waals surface area contributed by atoms with Gasteiger partial charge in [-0.3, -0.25) is 0 Å². The minimum absolute atomic E-state index is 0.440. The van der Waals surface area contributed by atoms with E-state index in [0.29, 0.717) is 11.8 Å². The Balaban J connectivity index is 1.83. The number of H-pyrrole nitrogens is 1. The lowest BCUT2D eigenvalue weighted by atomic mass is 9.99. The highest BCUT2D eigenvalue weighted by Crippen LogP contribution is 2.32. The highest BCUT2D eigenvalue weighted by atomic mass is 16.7. The summed E-state index contributed by atoms with van der Waals surface area (Å²) in [6.45, 7) is 4.66. The second-order valence-electron chi connectivity index (χ2n) is 7.63. The summed E-state index contributed by atoms with van der Waals surface area (Å²) in [4.78, 5) is 5.48. The average molecular weight is 394 g/mol. The van der Waals surface area contributed by atoms with Crippen LogP contribution in [-0.2, 0) is 11.2 Å². The highest BCUT2D eigenvalue weighted by molar-refractivity contribution is 5.89. The third-order valence-electron chi connectivity index (χ3n) is 5.46. The van der Waals surface area contributed by atoms with Crippen molar-refractivity contribution in [1.29, 1.82) is 0 Å². The van der Waals surface area contributed by atoms with E-state index in [-0.39, 0.29) is 0 Å². The summed E-state index contributed by atoms with van der Waals surface area (Å²) in [7, 11) is 2.07. The highest BCUT2D eigenvalue weighted by Gasteiger charge is 2.44. The van der Waals surface area contributed by atoms with Crippen LogP contribution in [0.2, 0.25) is 0 Å². The Bertz CT molecular complexity index is 777. The van der Waals surface area contributed by atoms with Crippen molar-refractivity contribution in [1.82, 2.24) is 9.88 Å². The van der Waals surface area contributed by atoms with E-state index in [1.54, 1.807) is 6.07 Å². The Kier molecular flexibility index (Phi) is 6.59. The largest absolute Gasteiger partial charge is 0.461 e. The van der Waals surface area contributed by atoms with E-state index < -0.39 is 37.3 Å². The van der Waals surface area contributed by atoms with Crippen LogP contribution < -0.4 is 4.74 Å². The van der Waals surface area contributed by atoms with Gasteiger partial charge in [0.2, 0.25) is 6.29 Å². The molecule has 1 aromatic carbocycles. The number of rotatable bonds is 7. The first-order valence-electron chi connectivity index (χ1n) is 9.59. The quantitative estimate of drug-likeness (QED) is 0.456. The molecule has 2 aromatic rings. The van der Waals surface area contributed by atoms with Gasteiger partial charge in [0.25, 0.3) is 0 Å². The molecule has 1 fully saturated rings. The number of hydrogen-bond donors (Lipinski definition) is 5. The summed E-state index contributed by atoms with van der Waals surface area (Å²) in [5.74, 6) is 0.505. The van der Waals surface area contributed by atoms with Crippen LogP contribution in [0.5, 0.6) is 5.75 Å². The fourth-order valence-electron chi connectivity index (χ4n) is 3.36. The van der Waals surface area contributed by atoms with Crippen LogP contribution in [-0.4, -0.2) is 87.3 Å². The Labute approximate surface area is 164 Å². The average Bonchev–Trinajstić information content (AvgIpc) is 3.10. The Morgan fingerprint density at radius 3 is 2.61 bits per heavy atom. The third-order valence-corrected chi connectivity index (χ3v) is 5.46. The van der Waals surface area contributed by atoms with Crippen molar-refractivity contribution in [2.45, 2.75) is 57.0 Å². The first-order chi connectivity index (χ1) is 13.3. The molecule has 0 saturated carbocycles. The summed E-state index contributed by atoms with van der Waals surface area (Å²) in [5, 5.41) is 40.4. The zero-order valence-electron chi connectivity index (χ0n) is 16.4. The number of ether oxygens (including phenoxy) is 2. The molecule has 28 heavy (non-hydrogen) atoms. The fraction of sp³-hybridized carbons (Fsp3) is 0.600. The summed E-state index contributed by atoms with van der Waals surface area (Å²) in [6, 6.07) is 5.97. The molecule has 0 radical (unpaired) electrons. The topological polar surface area (TPSA) is 118 Å². The van der Waals surface area contributed by atoms with Crippen LogP contribution >= 0.6 is 0 Å². The van der Waals surface area contributed by atoms with Gasteiger partial charge in [-0.05, 0) is 45.0 Å². The predicted molar refractivity (Wildman–Crippen MR) is 104 cm³/mol. The molecule has 1 aliphatic rings. The zero-order valence-corrected chi connectivity index (χ0v) is 16.4. The summed E-state index contributed by atoms with van der Waals surface area (Å²) in [6.07, 6.45) is -3.79. The van der Waals surface area contributed by atoms with Crippen LogP contribution in [0.4, 0.5) is 0 Å². The monoisotopic (exact) mass is 394 g/mol. The van der Waals surface area contributed by atoms with Crippen molar-refractivity contribution in [3.05, 3.63) is 30.0 Å². The summed E-state index contributed by atoms with van der Waals surface area (Å²) >= 11 is 0. The minimum Gasteiger partial charge on any atom is -0.461 e. The maximum atomic E-state index is 10.3. The lowest BCUT2D eigenvalue weighted by Crippen LogP contribution is -2.60. The Hall–Kier alpha value is -1.68. The predicted octanol–water partition coefficient (Wildman–Crippen LogP) is 0.229. The first kappa shape index (κ1) is 21.0. The number of likely N-dealkylation sites (N-methyl/N-ethyl adjacent to an activating group) is 1. The van der Waals surface area contributed by atoms with Crippen molar-refractivity contribution < 1.29 is 29.9 Å². The first-order valence-corrected chi connectivity index (χ1v) is 9.59. The molecule has 0 aliphatic carbocycles. The molecule has 5 N–H and O–H groups in total. The molecule has 5 atom stereocenters. The fourth-order valence-corrected chi connectivity index (χ4v) is 3.36. The van der Waals surface area contributed by atoms with Crippen molar-refractivity contribution in [2.24, 2.45) is 0 Å². The molecule has 8 heteroatoms. The number of fused-ring (bicyclic) bond motifs is 1. The second kappa shape index (κ2) is 8.77. The number of nitrogens with one attached hydrogen (secondary N) is 1. The smallest absolute Gasteiger partial charge is 0.229 e. The molecule has 156 valence electrons. The summed E-state index contributed by atoms with van der Waals surface area (Å²) < 4.78 is 11.4. The number of aliphatic hydroxyl groups is 4. The van der Waals surface area contributed by atoms with E-state index in [2.05, 4.69) is 30.8 Å². The molecule has 1 saturated heterocycles. The van der Waals surface area contributed by atoms with Crippen molar-refractivity contribution in [3.8, 4) is 5.75 Å². The lowest BCUT2D eigenvalue weighted by Gasteiger charge is -2.39. The third kappa shape index (κ3) is 4.17. The Morgan fingerprint density at radius 1 is 1.18 bits per heavy atom. The van der Waals surface area contributed by atoms with Crippen molar-refractivity contribution in [2.75, 3.05) is 20.2 Å². The number of hydrogen-bond acceptors (Lipinski definition) is 7. The van der Waals surface area contributed by atoms with Gasteiger partial charge in [-0.25, -0.2) is 0 Å². The zero-order chi connectivity index (χ0) is 20.4. The molecule has 1 aromatic heterocycles. The molecule has 8 nitrogen and oxygen atoms in total. The molecule has 1 aliphatic heterocycles. The maximum absolute atomic E-state index is 10.3. The van der Waals surface area contributed by atoms with Gasteiger partial charge in [0.15, 0.2) is 0 Å². The van der Waals surface area contributed by atoms with Crippen LogP contribution in [0.1, 0.15) is 19.4 Å². The SMILES string of the molecule is CC(C)N(C)CCc1c[nH]c2cccc(O[C@@H]3O[C@H](CO)[C@@H](O)[C@H](O)C3O)c12. The molecule has 0 amide bonds. The van der Waals surface area contributed by atoms with Crippen LogP contribution in [0.3, 0.4) is 0 Å². The van der Waals surface area contributed by atoms with Gasteiger partial charge in [-0.1, -0.05) is 6.07 Å². The van der Waals surface area contributed by atoms with E-state index in [4.69, 9.17) is 9.47 Å². The summed E-state index contributed by atoms with van der Waals surface area (Å²) in [5.41, 5.74) is 1.96. The number of aromatic amines is 1. The van der Waals surface area contributed by atoms with Crippen LogP contribution in [0, 0.1) is 0 Å². The second-order valence-corrected chi connectivity index (χ2v) is 7.63. The maximum Gasteiger partial charge on any atom is 0.229 e. The van der Waals surface area contributed by atoms with Gasteiger partial charge >= 0.3 is 0 Å². The van der Waals surface area contributed by atoms with Crippen molar-refractivity contribution >= 4 is 10.9 Å². The van der Waals surface area contributed by atoms with E-state index in [1.807, 2.05) is 18.3 Å². The van der Waals surface area contributed by atoms with Crippen molar-refractivity contribution in [3.63, 3.8) is 0 Å². The molecule has 2 heterocycles. The molecular formula is C20H30N2O6. The lowest BCUT2D eigenvalue weighted by molar-refractivity contribution is -0.277. The van der Waals surface area contributed by atoms with E-state index in [1.165, 1.54) is 0 Å². The molecule has 1 unspecified atom stereocenters. The van der Waals surface area contributed by atoms with Gasteiger partial charge < -0.3 is 39.8 Å². The number of aliphatic hydroxyl groups excluding tert-OH is 4. The molecular weight excluding hydrogens is 364 g/mol. The van der Waals surface area contributed by atoms with E-state index in [0.717, 1.165) is 29.4 Å². The molecule has 3 rings (SSSR count). The van der Waals surface area contributed by atoms with Gasteiger partial charge in [0.1, 0.15) is 30.2 Å². The van der Waals surface area contributed by atoms with Gasteiger partial charge in [-0.15, -0.1) is 0 Å². The molecule has 0 bridgehead atoms. The standard InChI is InChI=1S/C20H30N2O6/c1-11(2)22(3)8-7-12-9-21-13-5-4-6-14(16(12)13)27-20-19(26)18(25)17(24)15(10-23)28-20/h4-6,9,11,15,17-21,23-26H,7-8,10H2,1-3H3/t15-,17-,18+,19?,20-/m1/s1. The van der Waals surface area contributed by atoms with Gasteiger partial charge in [0, 0.05) is 29.7 Å². The Morgan fingerprint density at radius 2 is 1.93 bits per heavy atom. The van der Waals surface area contributed by atoms with Gasteiger partial charge in [-0.2, -0.15) is 0 Å². The minimum atomic E-state index is -1.47. The normalized spacial score (nSPS) is 28.4. The number of benzene rings is 1. The number of nitrogens with zero attached hydrogens (tertiary/aromatic N) is 1. The van der Waals surface area contributed by atoms with E-state index in [9.17, 15) is 20.4 Å².